The standard InChI is InChI=1S/C20H28N2O4S/c1-5-10-21(11-6-2)14-22-19(23)18(27-20(22)24)13-15-8-9-16(26-7-3)17(12-15)25-4/h8-9,12-13H,5-7,10-11,14H2,1-4H3. The highest BCUT2D eigenvalue weighted by Crippen LogP contribution is 2.34. The zero-order valence-corrected chi connectivity index (χ0v) is 17.3. The summed E-state index contributed by atoms with van der Waals surface area (Å²) in [4.78, 5) is 29.0. The average molecular weight is 393 g/mol. The van der Waals surface area contributed by atoms with Gasteiger partial charge in [-0.3, -0.25) is 19.4 Å². The van der Waals surface area contributed by atoms with Gasteiger partial charge < -0.3 is 9.47 Å². The van der Waals surface area contributed by atoms with Gasteiger partial charge in [0.2, 0.25) is 0 Å². The lowest BCUT2D eigenvalue weighted by atomic mass is 10.2. The monoisotopic (exact) mass is 392 g/mol. The van der Waals surface area contributed by atoms with E-state index in [1.807, 2.05) is 19.1 Å². The van der Waals surface area contributed by atoms with Crippen molar-refractivity contribution >= 4 is 29.0 Å². The first-order valence-electron chi connectivity index (χ1n) is 9.32. The van der Waals surface area contributed by atoms with E-state index in [1.165, 1.54) is 4.90 Å². The van der Waals surface area contributed by atoms with Gasteiger partial charge in [0.1, 0.15) is 0 Å². The van der Waals surface area contributed by atoms with Crippen LogP contribution in [0.15, 0.2) is 23.1 Å². The van der Waals surface area contributed by atoms with Gasteiger partial charge in [-0.2, -0.15) is 0 Å². The number of hydrogen-bond acceptors (Lipinski definition) is 6. The zero-order valence-electron chi connectivity index (χ0n) is 16.5. The number of nitrogens with zero attached hydrogens (tertiary/aromatic N) is 2. The second-order valence-electron chi connectivity index (χ2n) is 6.21. The number of hydrogen-bond donors (Lipinski definition) is 0. The minimum Gasteiger partial charge on any atom is -0.493 e. The van der Waals surface area contributed by atoms with Crippen LogP contribution in [0, 0.1) is 0 Å². The molecule has 2 amide bonds. The van der Waals surface area contributed by atoms with E-state index < -0.39 is 0 Å². The van der Waals surface area contributed by atoms with Gasteiger partial charge in [-0.25, -0.2) is 0 Å². The summed E-state index contributed by atoms with van der Waals surface area (Å²) in [6.07, 6.45) is 3.70. The summed E-state index contributed by atoms with van der Waals surface area (Å²) in [6.45, 7) is 8.71. The smallest absolute Gasteiger partial charge is 0.294 e. The van der Waals surface area contributed by atoms with E-state index >= 15 is 0 Å². The van der Waals surface area contributed by atoms with Crippen LogP contribution in [0.1, 0.15) is 39.2 Å². The van der Waals surface area contributed by atoms with Crippen LogP contribution < -0.4 is 9.47 Å². The van der Waals surface area contributed by atoms with E-state index in [-0.39, 0.29) is 11.1 Å². The molecule has 1 aliphatic heterocycles. The van der Waals surface area contributed by atoms with Gasteiger partial charge in [-0.05, 0) is 68.4 Å². The molecular weight excluding hydrogens is 364 g/mol. The molecule has 1 aromatic carbocycles. The number of rotatable bonds is 10. The number of imide groups is 1. The Morgan fingerprint density at radius 1 is 1.11 bits per heavy atom. The van der Waals surface area contributed by atoms with Crippen LogP contribution in [0.4, 0.5) is 4.79 Å². The fraction of sp³-hybridized carbons (Fsp3) is 0.500. The number of ether oxygens (including phenoxy) is 2. The molecule has 0 atom stereocenters. The predicted octanol–water partition coefficient (Wildman–Crippen LogP) is 4.21. The zero-order chi connectivity index (χ0) is 19.8. The first kappa shape index (κ1) is 21.3. The quantitative estimate of drug-likeness (QED) is 0.556. The number of carbonyl (C=O) groups is 2. The van der Waals surface area contributed by atoms with Gasteiger partial charge in [0, 0.05) is 0 Å². The third-order valence-corrected chi connectivity index (χ3v) is 4.99. The second kappa shape index (κ2) is 10.4. The van der Waals surface area contributed by atoms with Crippen LogP contribution in [0.3, 0.4) is 0 Å². The topological polar surface area (TPSA) is 59.1 Å². The predicted molar refractivity (Wildman–Crippen MR) is 109 cm³/mol. The van der Waals surface area contributed by atoms with E-state index in [1.54, 1.807) is 19.3 Å². The highest BCUT2D eigenvalue weighted by atomic mass is 32.2. The average Bonchev–Trinajstić information content (AvgIpc) is 2.91. The molecule has 1 saturated heterocycles. The molecule has 1 aromatic rings. The maximum Gasteiger partial charge on any atom is 0.294 e. The van der Waals surface area contributed by atoms with Crippen molar-refractivity contribution in [3.8, 4) is 11.5 Å². The van der Waals surface area contributed by atoms with Gasteiger partial charge >= 0.3 is 0 Å². The van der Waals surface area contributed by atoms with Gasteiger partial charge in [0.15, 0.2) is 11.5 Å². The molecule has 0 N–H and O–H groups in total. The summed E-state index contributed by atoms with van der Waals surface area (Å²) < 4.78 is 10.9. The molecule has 0 saturated carbocycles. The summed E-state index contributed by atoms with van der Waals surface area (Å²) in [5, 5.41) is -0.221. The minimum atomic E-state index is -0.241. The molecule has 0 bridgehead atoms. The van der Waals surface area contributed by atoms with Gasteiger partial charge in [0.05, 0.1) is 25.3 Å². The lowest BCUT2D eigenvalue weighted by molar-refractivity contribution is -0.124. The Balaban J connectivity index is 2.17. The molecular formula is C20H28N2O4S. The van der Waals surface area contributed by atoms with Crippen molar-refractivity contribution in [3.05, 3.63) is 28.7 Å². The van der Waals surface area contributed by atoms with Crippen molar-refractivity contribution in [2.24, 2.45) is 0 Å². The van der Waals surface area contributed by atoms with Crippen LogP contribution in [-0.2, 0) is 4.79 Å². The normalized spacial score (nSPS) is 15.9. The van der Waals surface area contributed by atoms with Gasteiger partial charge in [-0.1, -0.05) is 19.9 Å². The van der Waals surface area contributed by atoms with E-state index in [9.17, 15) is 9.59 Å². The SMILES string of the molecule is CCCN(CCC)CN1C(=O)SC(=Cc2ccc(OCC)c(OC)c2)C1=O. The van der Waals surface area contributed by atoms with Gasteiger partial charge in [-0.15, -0.1) is 0 Å². The first-order valence-corrected chi connectivity index (χ1v) is 10.1. The third-order valence-electron chi connectivity index (χ3n) is 4.08. The van der Waals surface area contributed by atoms with Crippen molar-refractivity contribution in [2.75, 3.05) is 33.5 Å². The van der Waals surface area contributed by atoms with Crippen molar-refractivity contribution in [1.82, 2.24) is 9.80 Å². The highest BCUT2D eigenvalue weighted by molar-refractivity contribution is 8.18. The summed E-state index contributed by atoms with van der Waals surface area (Å²) in [7, 11) is 1.57. The number of thioether (sulfide) groups is 1. The van der Waals surface area contributed by atoms with Crippen molar-refractivity contribution in [2.45, 2.75) is 33.6 Å². The molecule has 0 radical (unpaired) electrons. The van der Waals surface area contributed by atoms with Crippen LogP contribution >= 0.6 is 11.8 Å². The first-order chi connectivity index (χ1) is 13.0. The number of benzene rings is 1. The van der Waals surface area contributed by atoms with E-state index in [2.05, 4.69) is 18.7 Å². The molecule has 148 valence electrons. The van der Waals surface area contributed by atoms with Crippen LogP contribution in [0.5, 0.6) is 11.5 Å². The van der Waals surface area contributed by atoms with Crippen molar-refractivity contribution in [1.29, 1.82) is 0 Å². The molecule has 1 heterocycles. The summed E-state index contributed by atoms with van der Waals surface area (Å²) in [5.74, 6) is 1.01. The maximum atomic E-state index is 12.7. The van der Waals surface area contributed by atoms with E-state index in [4.69, 9.17) is 9.47 Å². The van der Waals surface area contributed by atoms with Crippen LogP contribution in [0.25, 0.3) is 6.08 Å². The third kappa shape index (κ3) is 5.49. The number of methoxy groups -OCH3 is 1. The molecule has 2 rings (SSSR count). The Hall–Kier alpha value is -1.99. The maximum absolute atomic E-state index is 12.7. The fourth-order valence-corrected chi connectivity index (χ4v) is 3.74. The molecule has 6 nitrogen and oxygen atoms in total. The molecule has 27 heavy (non-hydrogen) atoms. The Morgan fingerprint density at radius 3 is 2.41 bits per heavy atom. The molecule has 0 aromatic heterocycles. The fourth-order valence-electron chi connectivity index (χ4n) is 2.91. The van der Waals surface area contributed by atoms with Gasteiger partial charge in [0.25, 0.3) is 11.1 Å². The summed E-state index contributed by atoms with van der Waals surface area (Å²) in [5.41, 5.74) is 0.791. The molecule has 0 aliphatic carbocycles. The van der Waals surface area contributed by atoms with Crippen LogP contribution in [0.2, 0.25) is 0 Å². The minimum absolute atomic E-state index is 0.221. The molecule has 0 spiro atoms. The molecule has 0 unspecified atom stereocenters. The molecule has 1 aliphatic rings. The molecule has 1 fully saturated rings. The lowest BCUT2D eigenvalue weighted by Gasteiger charge is -2.25. The summed E-state index contributed by atoms with van der Waals surface area (Å²) in [6, 6.07) is 5.46. The Kier molecular flexibility index (Phi) is 8.19. The van der Waals surface area contributed by atoms with Crippen LogP contribution in [-0.4, -0.2) is 54.4 Å². The Morgan fingerprint density at radius 2 is 1.81 bits per heavy atom. The van der Waals surface area contributed by atoms with Crippen molar-refractivity contribution < 1.29 is 19.1 Å². The highest BCUT2D eigenvalue weighted by Gasteiger charge is 2.35. The summed E-state index contributed by atoms with van der Waals surface area (Å²) >= 11 is 0.983. The Labute approximate surface area is 165 Å². The van der Waals surface area contributed by atoms with E-state index in [0.29, 0.717) is 29.7 Å². The number of carbonyl (C=O) groups excluding carboxylic acids is 2. The van der Waals surface area contributed by atoms with E-state index in [0.717, 1.165) is 43.3 Å². The lowest BCUT2D eigenvalue weighted by Crippen LogP contribution is -2.41. The molecule has 7 heteroatoms. The Bertz CT molecular complexity index is 699. The largest absolute Gasteiger partial charge is 0.493 e. The van der Waals surface area contributed by atoms with Crippen molar-refractivity contribution in [3.63, 3.8) is 0 Å². The second-order valence-corrected chi connectivity index (χ2v) is 7.21. The number of amides is 2.